The van der Waals surface area contributed by atoms with Crippen LogP contribution in [0.2, 0.25) is 0 Å². The van der Waals surface area contributed by atoms with Gasteiger partial charge in [0.2, 0.25) is 0 Å². The minimum absolute atomic E-state index is 0.258. The van der Waals surface area contributed by atoms with Gasteiger partial charge in [-0.2, -0.15) is 0 Å². The van der Waals surface area contributed by atoms with Crippen LogP contribution < -0.4 is 5.32 Å². The quantitative estimate of drug-likeness (QED) is 0.895. The summed E-state index contributed by atoms with van der Waals surface area (Å²) in [6.45, 7) is 6.39. The number of fused-ring (bicyclic) bond motifs is 1. The average molecular weight is 342 g/mol. The van der Waals surface area contributed by atoms with Crippen molar-refractivity contribution in [1.29, 1.82) is 0 Å². The van der Waals surface area contributed by atoms with Crippen LogP contribution >= 0.6 is 0 Å². The van der Waals surface area contributed by atoms with Crippen LogP contribution in [0.3, 0.4) is 0 Å². The van der Waals surface area contributed by atoms with E-state index in [-0.39, 0.29) is 18.7 Å². The topological polar surface area (TPSA) is 88.5 Å². The lowest BCUT2D eigenvalue weighted by molar-refractivity contribution is -0.148. The van der Waals surface area contributed by atoms with Crippen LogP contribution in [0.25, 0.3) is 10.9 Å². The maximum atomic E-state index is 13.0. The fraction of sp³-hybridized carbons (Fsp3) is 0.421. The number of aliphatic carboxylic acids is 1. The second kappa shape index (κ2) is 6.44. The molecule has 0 aliphatic carbocycles. The van der Waals surface area contributed by atoms with Crippen molar-refractivity contribution in [2.75, 3.05) is 13.2 Å². The number of carbonyl (C=O) groups excluding carboxylic acids is 1. The fourth-order valence-corrected chi connectivity index (χ4v) is 3.39. The Kier molecular flexibility index (Phi) is 4.47. The van der Waals surface area contributed by atoms with Crippen molar-refractivity contribution in [2.24, 2.45) is 0 Å². The maximum absolute atomic E-state index is 13.0. The SMILES string of the molecule is Cc1cc(C)c2nc(C)cc(C(=O)NC3(C(=O)O)CCOCC3)c2c1. The van der Waals surface area contributed by atoms with Crippen molar-refractivity contribution in [3.8, 4) is 0 Å². The van der Waals surface area contributed by atoms with Gasteiger partial charge in [0.15, 0.2) is 0 Å². The summed E-state index contributed by atoms with van der Waals surface area (Å²) in [7, 11) is 0. The molecule has 1 aliphatic rings. The summed E-state index contributed by atoms with van der Waals surface area (Å²) in [5.74, 6) is -1.41. The molecule has 1 amide bonds. The molecule has 6 heteroatoms. The largest absolute Gasteiger partial charge is 0.480 e. The predicted molar refractivity (Wildman–Crippen MR) is 93.8 cm³/mol. The smallest absolute Gasteiger partial charge is 0.329 e. The summed E-state index contributed by atoms with van der Waals surface area (Å²) in [6, 6.07) is 5.65. The Morgan fingerprint density at radius 3 is 2.48 bits per heavy atom. The van der Waals surface area contributed by atoms with Gasteiger partial charge < -0.3 is 15.2 Å². The highest BCUT2D eigenvalue weighted by Gasteiger charge is 2.42. The molecule has 1 aromatic carbocycles. The van der Waals surface area contributed by atoms with E-state index in [9.17, 15) is 14.7 Å². The van der Waals surface area contributed by atoms with E-state index < -0.39 is 11.5 Å². The zero-order valence-electron chi connectivity index (χ0n) is 14.7. The van der Waals surface area contributed by atoms with Gasteiger partial charge in [-0.25, -0.2) is 4.79 Å². The van der Waals surface area contributed by atoms with Crippen molar-refractivity contribution < 1.29 is 19.4 Å². The van der Waals surface area contributed by atoms with Crippen molar-refractivity contribution in [3.63, 3.8) is 0 Å². The van der Waals surface area contributed by atoms with E-state index in [2.05, 4.69) is 10.3 Å². The van der Waals surface area contributed by atoms with E-state index >= 15 is 0 Å². The number of carboxylic acid groups (broad SMARTS) is 1. The zero-order chi connectivity index (χ0) is 18.2. The first-order valence-corrected chi connectivity index (χ1v) is 8.35. The molecule has 2 heterocycles. The van der Waals surface area contributed by atoms with E-state index in [4.69, 9.17) is 4.74 Å². The molecule has 25 heavy (non-hydrogen) atoms. The highest BCUT2D eigenvalue weighted by atomic mass is 16.5. The van der Waals surface area contributed by atoms with Crippen LogP contribution in [-0.4, -0.2) is 40.7 Å². The third-order valence-corrected chi connectivity index (χ3v) is 4.73. The molecule has 1 fully saturated rings. The van der Waals surface area contributed by atoms with Gasteiger partial charge in [0.1, 0.15) is 5.54 Å². The zero-order valence-corrected chi connectivity index (χ0v) is 14.7. The number of hydrogen-bond acceptors (Lipinski definition) is 4. The number of nitrogens with one attached hydrogen (secondary N) is 1. The molecule has 1 aliphatic heterocycles. The highest BCUT2D eigenvalue weighted by molar-refractivity contribution is 6.08. The molecule has 2 N–H and O–H groups in total. The number of nitrogens with zero attached hydrogens (tertiary/aromatic N) is 1. The number of aromatic nitrogens is 1. The minimum atomic E-state index is -1.28. The molecule has 0 radical (unpaired) electrons. The fourth-order valence-electron chi connectivity index (χ4n) is 3.39. The number of carboxylic acids is 1. The van der Waals surface area contributed by atoms with Crippen molar-refractivity contribution >= 4 is 22.8 Å². The molecular formula is C19H22N2O4. The monoisotopic (exact) mass is 342 g/mol. The Balaban J connectivity index is 2.06. The number of benzene rings is 1. The van der Waals surface area contributed by atoms with Gasteiger partial charge in [0.05, 0.1) is 11.1 Å². The molecule has 2 aromatic rings. The van der Waals surface area contributed by atoms with Crippen LogP contribution in [0.15, 0.2) is 18.2 Å². The van der Waals surface area contributed by atoms with Gasteiger partial charge in [0, 0.05) is 37.1 Å². The van der Waals surface area contributed by atoms with Crippen LogP contribution in [0.1, 0.15) is 40.0 Å². The summed E-state index contributed by atoms with van der Waals surface area (Å²) < 4.78 is 5.26. The number of ether oxygens (including phenoxy) is 1. The van der Waals surface area contributed by atoms with Crippen molar-refractivity contribution in [3.05, 3.63) is 40.6 Å². The minimum Gasteiger partial charge on any atom is -0.480 e. The molecule has 1 saturated heterocycles. The van der Waals surface area contributed by atoms with Gasteiger partial charge in [-0.3, -0.25) is 9.78 Å². The highest BCUT2D eigenvalue weighted by Crippen LogP contribution is 2.26. The number of carbonyl (C=O) groups is 2. The molecule has 0 unspecified atom stereocenters. The van der Waals surface area contributed by atoms with E-state index in [0.717, 1.165) is 27.7 Å². The standard InChI is InChI=1S/C19H22N2O4/c1-11-8-12(2)16-14(9-11)15(10-13(3)20-16)17(22)21-19(18(23)24)4-6-25-7-5-19/h8-10H,4-7H2,1-3H3,(H,21,22)(H,23,24). The second-order valence-corrected chi connectivity index (χ2v) is 6.74. The Hall–Kier alpha value is -2.47. The van der Waals surface area contributed by atoms with E-state index in [1.54, 1.807) is 6.07 Å². The number of rotatable bonds is 3. The van der Waals surface area contributed by atoms with Crippen LogP contribution in [-0.2, 0) is 9.53 Å². The van der Waals surface area contributed by atoms with Crippen molar-refractivity contribution in [1.82, 2.24) is 10.3 Å². The number of pyridine rings is 1. The molecule has 3 rings (SSSR count). The van der Waals surface area contributed by atoms with Crippen LogP contribution in [0, 0.1) is 20.8 Å². The predicted octanol–water partition coefficient (Wildman–Crippen LogP) is 2.52. The lowest BCUT2D eigenvalue weighted by Gasteiger charge is -2.34. The van der Waals surface area contributed by atoms with Gasteiger partial charge in [-0.05, 0) is 38.5 Å². The molecule has 0 atom stereocenters. The Morgan fingerprint density at radius 2 is 1.84 bits per heavy atom. The van der Waals surface area contributed by atoms with Gasteiger partial charge in [0.25, 0.3) is 5.91 Å². The molecular weight excluding hydrogens is 320 g/mol. The Morgan fingerprint density at radius 1 is 1.16 bits per heavy atom. The number of amides is 1. The third-order valence-electron chi connectivity index (χ3n) is 4.73. The van der Waals surface area contributed by atoms with E-state index in [0.29, 0.717) is 18.8 Å². The molecule has 6 nitrogen and oxygen atoms in total. The maximum Gasteiger partial charge on any atom is 0.329 e. The van der Waals surface area contributed by atoms with Crippen LogP contribution in [0.4, 0.5) is 0 Å². The van der Waals surface area contributed by atoms with Gasteiger partial charge in [-0.1, -0.05) is 11.6 Å². The van der Waals surface area contributed by atoms with E-state index in [1.165, 1.54) is 0 Å². The molecule has 1 aromatic heterocycles. The normalized spacial score (nSPS) is 16.6. The summed E-state index contributed by atoms with van der Waals surface area (Å²) >= 11 is 0. The summed E-state index contributed by atoms with van der Waals surface area (Å²) in [4.78, 5) is 29.3. The number of aryl methyl sites for hydroxylation is 3. The Labute approximate surface area is 146 Å². The lowest BCUT2D eigenvalue weighted by Crippen LogP contribution is -2.57. The number of hydrogen-bond donors (Lipinski definition) is 2. The third kappa shape index (κ3) is 3.22. The van der Waals surface area contributed by atoms with Crippen LogP contribution in [0.5, 0.6) is 0 Å². The Bertz CT molecular complexity index is 854. The molecule has 132 valence electrons. The summed E-state index contributed by atoms with van der Waals surface area (Å²) in [5, 5.41) is 13.2. The first-order chi connectivity index (χ1) is 11.8. The van der Waals surface area contributed by atoms with Gasteiger partial charge in [-0.15, -0.1) is 0 Å². The average Bonchev–Trinajstić information content (AvgIpc) is 2.55. The summed E-state index contributed by atoms with van der Waals surface area (Å²) in [6.07, 6.45) is 0.516. The molecule has 0 spiro atoms. The van der Waals surface area contributed by atoms with E-state index in [1.807, 2.05) is 32.9 Å². The summed E-state index contributed by atoms with van der Waals surface area (Å²) in [5.41, 5.74) is 2.70. The first-order valence-electron chi connectivity index (χ1n) is 8.35. The second-order valence-electron chi connectivity index (χ2n) is 6.74. The van der Waals surface area contributed by atoms with Gasteiger partial charge >= 0.3 is 5.97 Å². The molecule has 0 bridgehead atoms. The van der Waals surface area contributed by atoms with Crippen molar-refractivity contribution in [2.45, 2.75) is 39.2 Å². The first kappa shape index (κ1) is 17.4. The molecule has 0 saturated carbocycles. The lowest BCUT2D eigenvalue weighted by atomic mass is 9.89.